The van der Waals surface area contributed by atoms with Crippen LogP contribution in [0.15, 0.2) is 18.5 Å². The molecule has 0 aliphatic rings. The van der Waals surface area contributed by atoms with Crippen LogP contribution in [0.25, 0.3) is 11.0 Å². The Hall–Kier alpha value is -1.09. The molecule has 0 saturated carbocycles. The number of hydrogen-bond acceptors (Lipinski definition) is 2. The van der Waals surface area contributed by atoms with Gasteiger partial charge < -0.3 is 4.57 Å². The fourth-order valence-corrected chi connectivity index (χ4v) is 1.55. The van der Waals surface area contributed by atoms with Gasteiger partial charge in [0, 0.05) is 12.7 Å². The van der Waals surface area contributed by atoms with E-state index in [1.165, 1.54) is 0 Å². The van der Waals surface area contributed by atoms with Gasteiger partial charge in [0.2, 0.25) is 5.28 Å². The van der Waals surface area contributed by atoms with Crippen LogP contribution in [-0.2, 0) is 6.54 Å². The van der Waals surface area contributed by atoms with Crippen molar-refractivity contribution in [1.29, 1.82) is 0 Å². The normalized spacial score (nSPS) is 10.8. The second kappa shape index (κ2) is 2.75. The Bertz CT molecular complexity index is 408. The summed E-state index contributed by atoms with van der Waals surface area (Å²) in [6.07, 6.45) is 3.46. The Balaban J connectivity index is 2.81. The van der Waals surface area contributed by atoms with E-state index in [0.717, 1.165) is 17.6 Å². The maximum atomic E-state index is 5.89. The second-order valence-electron chi connectivity index (χ2n) is 2.49. The summed E-state index contributed by atoms with van der Waals surface area (Å²) in [6, 6.07) is 1.91. The minimum Gasteiger partial charge on any atom is -0.315 e. The van der Waals surface area contributed by atoms with E-state index in [2.05, 4.69) is 9.97 Å². The van der Waals surface area contributed by atoms with Crippen molar-refractivity contribution in [2.45, 2.75) is 13.5 Å². The third-order valence-electron chi connectivity index (χ3n) is 1.82. The van der Waals surface area contributed by atoms with E-state index >= 15 is 0 Å². The molecule has 0 atom stereocenters. The van der Waals surface area contributed by atoms with E-state index in [1.807, 2.05) is 17.6 Å². The first kappa shape index (κ1) is 7.55. The summed E-state index contributed by atoms with van der Waals surface area (Å²) in [7, 11) is 0. The maximum Gasteiger partial charge on any atom is 0.203 e. The summed E-state index contributed by atoms with van der Waals surface area (Å²) < 4.78 is 1.94. The Kier molecular flexibility index (Phi) is 1.73. The summed E-state index contributed by atoms with van der Waals surface area (Å²) >= 11 is 5.89. The van der Waals surface area contributed by atoms with E-state index in [-0.39, 0.29) is 0 Å². The van der Waals surface area contributed by atoms with Gasteiger partial charge in [-0.2, -0.15) is 0 Å². The van der Waals surface area contributed by atoms with Gasteiger partial charge in [0.1, 0.15) is 5.52 Å². The predicted octanol–water partition coefficient (Wildman–Crippen LogP) is 2.10. The van der Waals surface area contributed by atoms with Crippen molar-refractivity contribution in [1.82, 2.24) is 14.5 Å². The first-order chi connectivity index (χ1) is 5.83. The Morgan fingerprint density at radius 1 is 1.58 bits per heavy atom. The lowest BCUT2D eigenvalue weighted by Crippen LogP contribution is -1.92. The number of aryl methyl sites for hydroxylation is 1. The van der Waals surface area contributed by atoms with Crippen LogP contribution in [0, 0.1) is 0 Å². The number of imidazole rings is 1. The standard InChI is InChI=1S/C8H8ClN3/c1-2-12-7-3-4-10-5-6(7)11-8(12)9/h3-5H,2H2,1H3. The predicted molar refractivity (Wildman–Crippen MR) is 48.2 cm³/mol. The molecule has 62 valence electrons. The van der Waals surface area contributed by atoms with Gasteiger partial charge >= 0.3 is 0 Å². The molecule has 0 aliphatic heterocycles. The first-order valence-corrected chi connectivity index (χ1v) is 4.16. The van der Waals surface area contributed by atoms with Crippen molar-refractivity contribution in [3.05, 3.63) is 23.7 Å². The lowest BCUT2D eigenvalue weighted by molar-refractivity contribution is 0.788. The van der Waals surface area contributed by atoms with Crippen molar-refractivity contribution in [3.8, 4) is 0 Å². The van der Waals surface area contributed by atoms with Gasteiger partial charge in [-0.05, 0) is 24.6 Å². The van der Waals surface area contributed by atoms with Crippen LogP contribution >= 0.6 is 11.6 Å². The number of aromatic nitrogens is 3. The highest BCUT2D eigenvalue weighted by molar-refractivity contribution is 6.29. The summed E-state index contributed by atoms with van der Waals surface area (Å²) in [5.41, 5.74) is 1.89. The summed E-state index contributed by atoms with van der Waals surface area (Å²) in [4.78, 5) is 8.12. The van der Waals surface area contributed by atoms with E-state index in [9.17, 15) is 0 Å². The number of nitrogens with zero attached hydrogens (tertiary/aromatic N) is 3. The molecule has 4 heteroatoms. The Labute approximate surface area is 75.0 Å². The van der Waals surface area contributed by atoms with Gasteiger partial charge in [0.15, 0.2) is 0 Å². The molecule has 0 radical (unpaired) electrons. The van der Waals surface area contributed by atoms with E-state index in [1.54, 1.807) is 12.4 Å². The zero-order valence-corrected chi connectivity index (χ0v) is 7.41. The van der Waals surface area contributed by atoms with Crippen molar-refractivity contribution in [3.63, 3.8) is 0 Å². The average Bonchev–Trinajstić information content (AvgIpc) is 2.40. The van der Waals surface area contributed by atoms with Gasteiger partial charge in [-0.25, -0.2) is 4.98 Å². The zero-order chi connectivity index (χ0) is 8.55. The minimum atomic E-state index is 0.528. The summed E-state index contributed by atoms with van der Waals surface area (Å²) in [6.45, 7) is 2.87. The largest absolute Gasteiger partial charge is 0.315 e. The highest BCUT2D eigenvalue weighted by Gasteiger charge is 2.05. The number of fused-ring (bicyclic) bond motifs is 1. The van der Waals surface area contributed by atoms with Crippen LogP contribution in [0.2, 0.25) is 5.28 Å². The SMILES string of the molecule is CCn1c(Cl)nc2cnccc21. The average molecular weight is 182 g/mol. The summed E-state index contributed by atoms with van der Waals surface area (Å²) in [5, 5.41) is 0.528. The third-order valence-corrected chi connectivity index (χ3v) is 2.11. The topological polar surface area (TPSA) is 30.7 Å². The fraction of sp³-hybridized carbons (Fsp3) is 0.250. The van der Waals surface area contributed by atoms with Gasteiger partial charge in [-0.3, -0.25) is 4.98 Å². The molecule has 2 rings (SSSR count). The molecule has 0 fully saturated rings. The van der Waals surface area contributed by atoms with Gasteiger partial charge in [-0.1, -0.05) is 0 Å². The molecule has 2 aromatic rings. The van der Waals surface area contributed by atoms with Crippen molar-refractivity contribution < 1.29 is 0 Å². The molecule has 0 amide bonds. The van der Waals surface area contributed by atoms with Crippen LogP contribution in [-0.4, -0.2) is 14.5 Å². The zero-order valence-electron chi connectivity index (χ0n) is 6.66. The molecule has 0 bridgehead atoms. The summed E-state index contributed by atoms with van der Waals surface area (Å²) in [5.74, 6) is 0. The number of pyridine rings is 1. The van der Waals surface area contributed by atoms with Crippen LogP contribution in [0.5, 0.6) is 0 Å². The molecular formula is C8H8ClN3. The Morgan fingerprint density at radius 3 is 3.17 bits per heavy atom. The Morgan fingerprint density at radius 2 is 2.42 bits per heavy atom. The van der Waals surface area contributed by atoms with E-state index in [4.69, 9.17) is 11.6 Å². The highest BCUT2D eigenvalue weighted by Crippen LogP contribution is 2.17. The number of halogens is 1. The molecule has 0 saturated heterocycles. The highest BCUT2D eigenvalue weighted by atomic mass is 35.5. The van der Waals surface area contributed by atoms with Crippen molar-refractivity contribution in [2.24, 2.45) is 0 Å². The second-order valence-corrected chi connectivity index (χ2v) is 2.83. The minimum absolute atomic E-state index is 0.528. The van der Waals surface area contributed by atoms with Gasteiger partial charge in [0.05, 0.1) is 11.7 Å². The van der Waals surface area contributed by atoms with Crippen molar-refractivity contribution in [2.75, 3.05) is 0 Å². The molecule has 12 heavy (non-hydrogen) atoms. The quantitative estimate of drug-likeness (QED) is 0.675. The smallest absolute Gasteiger partial charge is 0.203 e. The first-order valence-electron chi connectivity index (χ1n) is 3.78. The van der Waals surface area contributed by atoms with Crippen LogP contribution in [0.4, 0.5) is 0 Å². The van der Waals surface area contributed by atoms with Gasteiger partial charge in [-0.15, -0.1) is 0 Å². The van der Waals surface area contributed by atoms with Crippen LogP contribution < -0.4 is 0 Å². The molecule has 0 unspecified atom stereocenters. The molecule has 2 heterocycles. The maximum absolute atomic E-state index is 5.89. The van der Waals surface area contributed by atoms with Crippen LogP contribution in [0.1, 0.15) is 6.92 Å². The molecule has 0 spiro atoms. The number of hydrogen-bond donors (Lipinski definition) is 0. The molecule has 2 aromatic heterocycles. The van der Waals surface area contributed by atoms with E-state index in [0.29, 0.717) is 5.28 Å². The van der Waals surface area contributed by atoms with E-state index < -0.39 is 0 Å². The lowest BCUT2D eigenvalue weighted by atomic mass is 10.4. The molecular weight excluding hydrogens is 174 g/mol. The van der Waals surface area contributed by atoms with Crippen molar-refractivity contribution >= 4 is 22.6 Å². The fourth-order valence-electron chi connectivity index (χ4n) is 1.25. The molecule has 0 aromatic carbocycles. The molecule has 0 N–H and O–H groups in total. The van der Waals surface area contributed by atoms with Crippen LogP contribution in [0.3, 0.4) is 0 Å². The third kappa shape index (κ3) is 0.975. The van der Waals surface area contributed by atoms with Gasteiger partial charge in [0.25, 0.3) is 0 Å². The number of rotatable bonds is 1. The molecule has 0 aliphatic carbocycles. The monoisotopic (exact) mass is 181 g/mol. The molecule has 3 nitrogen and oxygen atoms in total. The lowest BCUT2D eigenvalue weighted by Gasteiger charge is -1.98.